The van der Waals surface area contributed by atoms with Crippen LogP contribution in [0.2, 0.25) is 0 Å². The zero-order valence-electron chi connectivity index (χ0n) is 15.0. The summed E-state index contributed by atoms with van der Waals surface area (Å²) in [6.07, 6.45) is -2.33. The summed E-state index contributed by atoms with van der Waals surface area (Å²) in [7, 11) is 1.63. The van der Waals surface area contributed by atoms with Crippen molar-refractivity contribution in [2.24, 2.45) is 5.92 Å². The highest BCUT2D eigenvalue weighted by molar-refractivity contribution is 5.27. The molecule has 0 aliphatic carbocycles. The molecule has 26 heavy (non-hydrogen) atoms. The van der Waals surface area contributed by atoms with Crippen LogP contribution in [-0.4, -0.2) is 61.5 Å². The molecule has 0 unspecified atom stereocenters. The smallest absolute Gasteiger partial charge is 0.308 e. The van der Waals surface area contributed by atoms with Crippen LogP contribution in [0.5, 0.6) is 5.75 Å². The third kappa shape index (κ3) is 4.68. The average Bonchev–Trinajstić information content (AvgIpc) is 2.91. The van der Waals surface area contributed by atoms with E-state index < -0.39 is 18.8 Å². The van der Waals surface area contributed by atoms with Gasteiger partial charge in [0.15, 0.2) is 0 Å². The van der Waals surface area contributed by atoms with Gasteiger partial charge in [-0.15, -0.1) is 0 Å². The number of alkyl halides is 4. The number of hydrogen-bond acceptors (Lipinski definition) is 3. The second-order valence-electron chi connectivity index (χ2n) is 7.45. The predicted octanol–water partition coefficient (Wildman–Crippen LogP) is 3.88. The number of halogens is 4. The Balaban J connectivity index is 1.58. The molecule has 0 spiro atoms. The molecule has 1 aromatic carbocycles. The topological polar surface area (TPSA) is 15.7 Å². The maximum absolute atomic E-state index is 13.3. The monoisotopic (exact) mass is 374 g/mol. The van der Waals surface area contributed by atoms with Gasteiger partial charge in [0.25, 0.3) is 0 Å². The number of fused-ring (bicyclic) bond motifs is 4. The molecule has 3 aliphatic heterocycles. The number of methoxy groups -OCH3 is 1. The molecular weight excluding hydrogens is 348 g/mol. The second-order valence-corrected chi connectivity index (χ2v) is 7.45. The normalized spacial score (nSPS) is 24.8. The minimum absolute atomic E-state index is 0.0366. The van der Waals surface area contributed by atoms with E-state index in [0.29, 0.717) is 5.92 Å². The molecule has 3 nitrogen and oxygen atoms in total. The van der Waals surface area contributed by atoms with Gasteiger partial charge in [-0.3, -0.25) is 9.80 Å². The zero-order valence-corrected chi connectivity index (χ0v) is 15.0. The van der Waals surface area contributed by atoms with Crippen LogP contribution in [0.1, 0.15) is 24.8 Å². The van der Waals surface area contributed by atoms with Gasteiger partial charge < -0.3 is 4.74 Å². The Morgan fingerprint density at radius 2 is 1.85 bits per heavy atom. The minimum atomic E-state index is -3.89. The van der Waals surface area contributed by atoms with E-state index >= 15 is 0 Å². The lowest BCUT2D eigenvalue weighted by Crippen LogP contribution is -2.46. The van der Waals surface area contributed by atoms with Crippen LogP contribution in [0.4, 0.5) is 17.6 Å². The van der Waals surface area contributed by atoms with Crippen LogP contribution >= 0.6 is 0 Å². The zero-order chi connectivity index (χ0) is 18.7. The van der Waals surface area contributed by atoms with E-state index in [4.69, 9.17) is 4.74 Å². The highest BCUT2D eigenvalue weighted by Gasteiger charge is 2.42. The minimum Gasteiger partial charge on any atom is -0.497 e. The molecule has 2 bridgehead atoms. The van der Waals surface area contributed by atoms with Crippen LogP contribution in [0.25, 0.3) is 0 Å². The van der Waals surface area contributed by atoms with Crippen LogP contribution in [0.15, 0.2) is 24.3 Å². The van der Waals surface area contributed by atoms with Crippen molar-refractivity contribution >= 4 is 0 Å². The lowest BCUT2D eigenvalue weighted by atomic mass is 9.94. The summed E-state index contributed by atoms with van der Waals surface area (Å²) in [5, 5.41) is 0. The maximum Gasteiger partial charge on any atom is 0.308 e. The van der Waals surface area contributed by atoms with Crippen molar-refractivity contribution < 1.29 is 22.3 Å². The van der Waals surface area contributed by atoms with Crippen LogP contribution in [0.3, 0.4) is 0 Å². The van der Waals surface area contributed by atoms with Crippen molar-refractivity contribution in [1.82, 2.24) is 9.80 Å². The largest absolute Gasteiger partial charge is 0.497 e. The lowest BCUT2D eigenvalue weighted by Gasteiger charge is -2.36. The Bertz CT molecular complexity index is 581. The molecule has 3 fully saturated rings. The number of rotatable bonds is 7. The van der Waals surface area contributed by atoms with Gasteiger partial charge in [0, 0.05) is 45.2 Å². The fourth-order valence-electron chi connectivity index (χ4n) is 4.07. The van der Waals surface area contributed by atoms with Gasteiger partial charge in [-0.05, 0) is 36.5 Å². The van der Waals surface area contributed by atoms with Crippen molar-refractivity contribution in [3.63, 3.8) is 0 Å². The summed E-state index contributed by atoms with van der Waals surface area (Å²) in [6, 6.07) is 8.10. The molecule has 1 aromatic rings. The quantitative estimate of drug-likeness (QED) is 0.674. The van der Waals surface area contributed by atoms with Gasteiger partial charge in [-0.2, -0.15) is 0 Å². The summed E-state index contributed by atoms with van der Waals surface area (Å²) in [4.78, 5) is 4.36. The van der Waals surface area contributed by atoms with Gasteiger partial charge in [0.2, 0.25) is 0 Å². The summed E-state index contributed by atoms with van der Waals surface area (Å²) in [5.41, 5.74) is 1.18. The summed E-state index contributed by atoms with van der Waals surface area (Å²) in [6.45, 7) is 3.28. The number of ether oxygens (including phenoxy) is 1. The van der Waals surface area contributed by atoms with E-state index in [1.807, 2.05) is 29.2 Å². The van der Waals surface area contributed by atoms with Crippen LogP contribution < -0.4 is 4.74 Å². The van der Waals surface area contributed by atoms with Crippen molar-refractivity contribution in [3.8, 4) is 5.75 Å². The molecule has 0 N–H and O–H groups in total. The standard InChI is InChI=1S/C19H26F4N2O/c1-26-17-6-3-14(4-7-17)10-24-11-15-2-5-16(13-24)25(12-15)9-8-19(22,23)18(20)21/h3-4,6-7,15-16,18H,2,5,8-13H2,1H3/t15-,16+/m0/s1. The molecule has 3 saturated heterocycles. The van der Waals surface area contributed by atoms with Crippen molar-refractivity contribution in [2.45, 2.75) is 44.2 Å². The molecule has 4 rings (SSSR count). The van der Waals surface area contributed by atoms with E-state index in [1.165, 1.54) is 5.56 Å². The van der Waals surface area contributed by atoms with E-state index in [0.717, 1.165) is 44.8 Å². The van der Waals surface area contributed by atoms with E-state index in [-0.39, 0.29) is 12.6 Å². The molecular formula is C19H26F4N2O. The molecule has 0 aromatic heterocycles. The van der Waals surface area contributed by atoms with Crippen molar-refractivity contribution in [1.29, 1.82) is 0 Å². The second kappa shape index (κ2) is 8.13. The molecule has 7 heteroatoms. The Hall–Kier alpha value is -1.34. The number of nitrogens with zero attached hydrogens (tertiary/aromatic N) is 2. The first kappa shape index (κ1) is 19.4. The highest BCUT2D eigenvalue weighted by Crippen LogP contribution is 2.32. The van der Waals surface area contributed by atoms with Crippen molar-refractivity contribution in [3.05, 3.63) is 29.8 Å². The third-order valence-electron chi connectivity index (χ3n) is 5.52. The molecule has 3 heterocycles. The van der Waals surface area contributed by atoms with E-state index in [9.17, 15) is 17.6 Å². The first-order valence-electron chi connectivity index (χ1n) is 9.12. The lowest BCUT2D eigenvalue weighted by molar-refractivity contribution is -0.137. The third-order valence-corrected chi connectivity index (χ3v) is 5.52. The van der Waals surface area contributed by atoms with Crippen LogP contribution in [0, 0.1) is 5.92 Å². The van der Waals surface area contributed by atoms with E-state index in [2.05, 4.69) is 4.90 Å². The van der Waals surface area contributed by atoms with Crippen LogP contribution in [-0.2, 0) is 6.54 Å². The molecule has 146 valence electrons. The summed E-state index contributed by atoms with van der Waals surface area (Å²) < 4.78 is 56.5. The van der Waals surface area contributed by atoms with Gasteiger partial charge >= 0.3 is 12.3 Å². The number of piperidine rings is 1. The molecule has 2 atom stereocenters. The maximum atomic E-state index is 13.3. The predicted molar refractivity (Wildman–Crippen MR) is 91.9 cm³/mol. The first-order chi connectivity index (χ1) is 12.4. The van der Waals surface area contributed by atoms with Gasteiger partial charge in [-0.1, -0.05) is 12.1 Å². The molecule has 3 aliphatic rings. The number of benzene rings is 1. The van der Waals surface area contributed by atoms with Gasteiger partial charge in [0.05, 0.1) is 7.11 Å². The number of hydrogen-bond donors (Lipinski definition) is 0. The highest BCUT2D eigenvalue weighted by atomic mass is 19.3. The van der Waals surface area contributed by atoms with Gasteiger partial charge in [0.1, 0.15) is 5.75 Å². The first-order valence-corrected chi connectivity index (χ1v) is 9.12. The van der Waals surface area contributed by atoms with Gasteiger partial charge in [-0.25, -0.2) is 17.6 Å². The molecule has 0 radical (unpaired) electrons. The summed E-state index contributed by atoms with van der Waals surface area (Å²) in [5.74, 6) is -2.67. The molecule has 0 saturated carbocycles. The fourth-order valence-corrected chi connectivity index (χ4v) is 4.07. The summed E-state index contributed by atoms with van der Waals surface area (Å²) >= 11 is 0. The Morgan fingerprint density at radius 3 is 2.50 bits per heavy atom. The Labute approximate surface area is 151 Å². The Kier molecular flexibility index (Phi) is 6.07. The van der Waals surface area contributed by atoms with Crippen molar-refractivity contribution in [2.75, 3.05) is 33.3 Å². The Morgan fingerprint density at radius 1 is 1.12 bits per heavy atom. The van der Waals surface area contributed by atoms with E-state index in [1.54, 1.807) is 7.11 Å². The average molecular weight is 374 g/mol. The molecule has 0 amide bonds. The fraction of sp³-hybridized carbons (Fsp3) is 0.684. The SMILES string of the molecule is COc1ccc(CN2C[C@@H]3CC[C@H](C2)N(CCC(F)(F)C(F)F)C3)cc1.